The van der Waals surface area contributed by atoms with Crippen LogP contribution in [0.1, 0.15) is 30.0 Å². The Kier molecular flexibility index (Phi) is 6.05. The van der Waals surface area contributed by atoms with Crippen molar-refractivity contribution in [2.24, 2.45) is 7.05 Å². The van der Waals surface area contributed by atoms with Crippen molar-refractivity contribution in [1.29, 1.82) is 0 Å². The average molecular weight is 347 g/mol. The third-order valence-corrected chi connectivity index (χ3v) is 4.14. The zero-order valence-electron chi connectivity index (χ0n) is 13.9. The maximum absolute atomic E-state index is 12.2. The minimum absolute atomic E-state index is 0.0299. The van der Waals surface area contributed by atoms with E-state index in [4.69, 9.17) is 0 Å². The van der Waals surface area contributed by atoms with Crippen LogP contribution < -0.4 is 15.5 Å². The van der Waals surface area contributed by atoms with Crippen molar-refractivity contribution >= 4 is 17.9 Å². The molecule has 0 fully saturated rings. The molecule has 1 heterocycles. The van der Waals surface area contributed by atoms with Gasteiger partial charge in [-0.15, -0.1) is 0 Å². The molecule has 1 amide bonds. The van der Waals surface area contributed by atoms with Crippen LogP contribution in [0, 0.1) is 0 Å². The Morgan fingerprint density at radius 1 is 1.29 bits per heavy atom. The lowest BCUT2D eigenvalue weighted by molar-refractivity contribution is 0.0930. The molecule has 0 saturated heterocycles. The third kappa shape index (κ3) is 4.39. The van der Waals surface area contributed by atoms with E-state index in [1.54, 1.807) is 7.05 Å². The van der Waals surface area contributed by atoms with Crippen molar-refractivity contribution in [3.63, 3.8) is 0 Å². The Labute approximate surface area is 145 Å². The van der Waals surface area contributed by atoms with Crippen molar-refractivity contribution < 1.29 is 9.90 Å². The summed E-state index contributed by atoms with van der Waals surface area (Å²) >= 11 is 1.43. The van der Waals surface area contributed by atoms with Gasteiger partial charge in [0, 0.05) is 36.3 Å². The van der Waals surface area contributed by atoms with Gasteiger partial charge in [-0.25, -0.2) is 0 Å². The van der Waals surface area contributed by atoms with Crippen LogP contribution in [0.25, 0.3) is 0 Å². The number of amides is 1. The fourth-order valence-electron chi connectivity index (χ4n) is 2.18. The smallest absolute Gasteiger partial charge is 0.272 e. The van der Waals surface area contributed by atoms with Crippen LogP contribution in [0.2, 0.25) is 0 Å². The second-order valence-electron chi connectivity index (χ2n) is 5.62. The molecule has 0 atom stereocenters. The van der Waals surface area contributed by atoms with Crippen LogP contribution in [-0.4, -0.2) is 21.6 Å². The van der Waals surface area contributed by atoms with Gasteiger partial charge in [0.25, 0.3) is 5.91 Å². The standard InChI is InChI=1S/C17H21N3O3S/c1-11(2)19-17(23)15-16(22)14(21)9-12(20(15)3)10-18-24-13-7-5-4-6-8-13/h4-9,11,18,22H,10H2,1-3H3,(H,19,23). The Morgan fingerprint density at radius 3 is 2.58 bits per heavy atom. The van der Waals surface area contributed by atoms with E-state index < -0.39 is 17.1 Å². The molecule has 0 saturated carbocycles. The quantitative estimate of drug-likeness (QED) is 0.697. The number of rotatable bonds is 6. The molecule has 0 aliphatic rings. The first kappa shape index (κ1) is 18.1. The molecular formula is C17H21N3O3S. The zero-order valence-corrected chi connectivity index (χ0v) is 14.7. The third-order valence-electron chi connectivity index (χ3n) is 3.34. The van der Waals surface area contributed by atoms with Gasteiger partial charge in [0.05, 0.1) is 0 Å². The molecule has 0 aliphatic heterocycles. The van der Waals surface area contributed by atoms with Crippen LogP contribution >= 0.6 is 11.9 Å². The lowest BCUT2D eigenvalue weighted by Crippen LogP contribution is -2.34. The number of aromatic hydroxyl groups is 1. The predicted octanol–water partition coefficient (Wildman–Crippen LogP) is 2.03. The van der Waals surface area contributed by atoms with Crippen LogP contribution in [-0.2, 0) is 13.6 Å². The molecule has 0 unspecified atom stereocenters. The summed E-state index contributed by atoms with van der Waals surface area (Å²) in [7, 11) is 1.65. The van der Waals surface area contributed by atoms with Crippen molar-refractivity contribution in [3.05, 3.63) is 58.0 Å². The van der Waals surface area contributed by atoms with Crippen molar-refractivity contribution in [1.82, 2.24) is 14.6 Å². The molecule has 0 bridgehead atoms. The van der Waals surface area contributed by atoms with Gasteiger partial charge in [0.2, 0.25) is 5.43 Å². The number of aromatic nitrogens is 1. The van der Waals surface area contributed by atoms with Gasteiger partial charge in [-0.1, -0.05) is 18.2 Å². The molecule has 2 aromatic rings. The van der Waals surface area contributed by atoms with Gasteiger partial charge in [-0.05, 0) is 37.9 Å². The average Bonchev–Trinajstić information content (AvgIpc) is 2.53. The van der Waals surface area contributed by atoms with E-state index >= 15 is 0 Å². The largest absolute Gasteiger partial charge is 0.503 e. The second-order valence-corrected chi connectivity index (χ2v) is 6.58. The lowest BCUT2D eigenvalue weighted by atomic mass is 10.2. The second kappa shape index (κ2) is 8.03. The van der Waals surface area contributed by atoms with Crippen LogP contribution in [0.3, 0.4) is 0 Å². The summed E-state index contributed by atoms with van der Waals surface area (Å²) in [5, 5.41) is 12.7. The maximum Gasteiger partial charge on any atom is 0.272 e. The normalized spacial score (nSPS) is 10.8. The number of carbonyl (C=O) groups excluding carboxylic acids is 1. The Morgan fingerprint density at radius 2 is 1.96 bits per heavy atom. The van der Waals surface area contributed by atoms with Gasteiger partial charge in [0.15, 0.2) is 11.4 Å². The van der Waals surface area contributed by atoms with Gasteiger partial charge in [-0.2, -0.15) is 0 Å². The highest BCUT2D eigenvalue weighted by Crippen LogP contribution is 2.16. The molecule has 0 radical (unpaired) electrons. The van der Waals surface area contributed by atoms with Crippen molar-refractivity contribution in [3.8, 4) is 5.75 Å². The van der Waals surface area contributed by atoms with Gasteiger partial charge >= 0.3 is 0 Å². The Hall–Kier alpha value is -2.25. The first-order valence-electron chi connectivity index (χ1n) is 7.57. The number of benzene rings is 1. The first-order chi connectivity index (χ1) is 11.4. The molecule has 0 spiro atoms. The molecule has 3 N–H and O–H groups in total. The summed E-state index contributed by atoms with van der Waals surface area (Å²) in [5.74, 6) is -1.00. The first-order valence-corrected chi connectivity index (χ1v) is 8.39. The number of nitrogens with zero attached hydrogens (tertiary/aromatic N) is 1. The molecular weight excluding hydrogens is 326 g/mol. The lowest BCUT2D eigenvalue weighted by Gasteiger charge is -2.17. The fraction of sp³-hybridized carbons (Fsp3) is 0.294. The van der Waals surface area contributed by atoms with E-state index in [0.29, 0.717) is 12.2 Å². The highest BCUT2D eigenvalue weighted by molar-refractivity contribution is 7.97. The summed E-state index contributed by atoms with van der Waals surface area (Å²) in [6, 6.07) is 11.0. The van der Waals surface area contributed by atoms with E-state index in [9.17, 15) is 14.7 Å². The van der Waals surface area contributed by atoms with E-state index in [2.05, 4.69) is 10.0 Å². The highest BCUT2D eigenvalue weighted by Gasteiger charge is 2.19. The molecule has 128 valence electrons. The van der Waals surface area contributed by atoms with Gasteiger partial charge < -0.3 is 15.0 Å². The maximum atomic E-state index is 12.2. The van der Waals surface area contributed by atoms with Crippen molar-refractivity contribution in [2.45, 2.75) is 31.3 Å². The molecule has 2 rings (SSSR count). The SMILES string of the molecule is CC(C)NC(=O)c1c(O)c(=O)cc(CNSc2ccccc2)n1C. The van der Waals surface area contributed by atoms with Crippen LogP contribution in [0.15, 0.2) is 46.1 Å². The number of pyridine rings is 1. The number of hydrogen-bond acceptors (Lipinski definition) is 5. The van der Waals surface area contributed by atoms with Crippen LogP contribution in [0.4, 0.5) is 0 Å². The summed E-state index contributed by atoms with van der Waals surface area (Å²) in [6.07, 6.45) is 0. The van der Waals surface area contributed by atoms with E-state index in [-0.39, 0.29) is 11.7 Å². The van der Waals surface area contributed by atoms with E-state index in [1.807, 2.05) is 44.2 Å². The fourth-order valence-corrected chi connectivity index (χ4v) is 2.86. The van der Waals surface area contributed by atoms with Crippen molar-refractivity contribution in [2.75, 3.05) is 0 Å². The number of carbonyl (C=O) groups is 1. The minimum Gasteiger partial charge on any atom is -0.503 e. The molecule has 6 nitrogen and oxygen atoms in total. The summed E-state index contributed by atoms with van der Waals surface area (Å²) in [4.78, 5) is 25.2. The van der Waals surface area contributed by atoms with Crippen LogP contribution in [0.5, 0.6) is 5.75 Å². The van der Waals surface area contributed by atoms with Gasteiger partial charge in [-0.3, -0.25) is 14.3 Å². The summed E-state index contributed by atoms with van der Waals surface area (Å²) < 4.78 is 4.69. The zero-order chi connectivity index (χ0) is 17.7. The molecule has 1 aromatic carbocycles. The topological polar surface area (TPSA) is 83.4 Å². The van der Waals surface area contributed by atoms with E-state index in [1.165, 1.54) is 22.6 Å². The number of hydrogen-bond donors (Lipinski definition) is 3. The van der Waals surface area contributed by atoms with Gasteiger partial charge in [0.1, 0.15) is 0 Å². The Bertz CT molecular complexity index is 773. The molecule has 0 aliphatic carbocycles. The molecule has 7 heteroatoms. The number of nitrogens with one attached hydrogen (secondary N) is 2. The molecule has 1 aromatic heterocycles. The molecule has 24 heavy (non-hydrogen) atoms. The summed E-state index contributed by atoms with van der Waals surface area (Å²) in [6.45, 7) is 4.00. The monoisotopic (exact) mass is 347 g/mol. The predicted molar refractivity (Wildman–Crippen MR) is 95.1 cm³/mol. The van der Waals surface area contributed by atoms with E-state index in [0.717, 1.165) is 4.90 Å². The summed E-state index contributed by atoms with van der Waals surface area (Å²) in [5.41, 5.74) is 0.0105. The minimum atomic E-state index is -0.566. The highest BCUT2D eigenvalue weighted by atomic mass is 32.2. The Balaban J connectivity index is 2.20.